The molecule has 19 heavy (non-hydrogen) atoms. The van der Waals surface area contributed by atoms with Crippen LogP contribution in [0.3, 0.4) is 0 Å². The molecule has 3 atom stereocenters. The van der Waals surface area contributed by atoms with Crippen LogP contribution in [0.4, 0.5) is 0 Å². The number of hydrogen-bond donors (Lipinski definition) is 2. The Morgan fingerprint density at radius 1 is 1.26 bits per heavy atom. The number of ether oxygens (including phenoxy) is 2. The topological polar surface area (TPSA) is 58.9 Å². The molecule has 0 unspecified atom stereocenters. The highest BCUT2D eigenvalue weighted by molar-refractivity contribution is 5.00. The third kappa shape index (κ3) is 2.97. The Bertz CT molecular complexity index is 288. The summed E-state index contributed by atoms with van der Waals surface area (Å²) in [5.41, 5.74) is -0.777. The van der Waals surface area contributed by atoms with Crippen LogP contribution in [-0.2, 0) is 9.47 Å². The van der Waals surface area contributed by atoms with E-state index in [0.717, 1.165) is 38.5 Å². The van der Waals surface area contributed by atoms with E-state index in [9.17, 15) is 10.2 Å². The van der Waals surface area contributed by atoms with Crippen molar-refractivity contribution < 1.29 is 19.7 Å². The molecule has 1 spiro atoms. The summed E-state index contributed by atoms with van der Waals surface area (Å²) in [6.45, 7) is 3.90. The highest BCUT2D eigenvalue weighted by atomic mass is 16.8. The Morgan fingerprint density at radius 2 is 1.95 bits per heavy atom. The molecule has 4 heteroatoms. The Morgan fingerprint density at radius 3 is 2.53 bits per heavy atom. The van der Waals surface area contributed by atoms with Crippen LogP contribution >= 0.6 is 0 Å². The average molecular weight is 272 g/mol. The van der Waals surface area contributed by atoms with Crippen LogP contribution in [0, 0.1) is 0 Å². The number of unbranched alkanes of at least 4 members (excludes halogenated alkanes) is 1. The minimum absolute atomic E-state index is 0.0958. The first-order valence-corrected chi connectivity index (χ1v) is 7.73. The maximum absolute atomic E-state index is 10.4. The second-order valence-electron chi connectivity index (χ2n) is 6.20. The van der Waals surface area contributed by atoms with E-state index < -0.39 is 23.6 Å². The van der Waals surface area contributed by atoms with Crippen LogP contribution in [0.2, 0.25) is 0 Å². The molecule has 0 aromatic rings. The van der Waals surface area contributed by atoms with E-state index in [-0.39, 0.29) is 6.61 Å². The Kier molecular flexibility index (Phi) is 4.88. The smallest absolute Gasteiger partial charge is 0.169 e. The van der Waals surface area contributed by atoms with Gasteiger partial charge in [-0.15, -0.1) is 0 Å². The standard InChI is InChI=1S/C15H28O4/c1-3-4-8-12(17)14(2)13(11-16)18-15(19-14)9-6-5-7-10-15/h12-13,16-17H,3-11H2,1-2H3/t12-,13-,14+/m0/s1. The molecule has 2 fully saturated rings. The number of aliphatic hydroxyl groups excluding tert-OH is 2. The van der Waals surface area contributed by atoms with Gasteiger partial charge in [-0.1, -0.05) is 26.2 Å². The second-order valence-corrected chi connectivity index (χ2v) is 6.20. The Balaban J connectivity index is 2.09. The summed E-state index contributed by atoms with van der Waals surface area (Å²) in [5.74, 6) is -0.562. The molecule has 0 radical (unpaired) electrons. The summed E-state index contributed by atoms with van der Waals surface area (Å²) in [6, 6.07) is 0. The molecule has 2 rings (SSSR count). The van der Waals surface area contributed by atoms with Crippen molar-refractivity contribution in [3.63, 3.8) is 0 Å². The normalized spacial score (nSPS) is 35.7. The lowest BCUT2D eigenvalue weighted by Gasteiger charge is -2.36. The fraction of sp³-hybridized carbons (Fsp3) is 1.00. The average Bonchev–Trinajstić information content (AvgIpc) is 2.70. The lowest BCUT2D eigenvalue weighted by Crippen LogP contribution is -2.49. The molecule has 2 aliphatic rings. The van der Waals surface area contributed by atoms with Gasteiger partial charge in [0.05, 0.1) is 12.7 Å². The lowest BCUT2D eigenvalue weighted by atomic mass is 9.89. The van der Waals surface area contributed by atoms with Crippen molar-refractivity contribution in [3.05, 3.63) is 0 Å². The Hall–Kier alpha value is -0.160. The van der Waals surface area contributed by atoms with Gasteiger partial charge in [-0.2, -0.15) is 0 Å². The van der Waals surface area contributed by atoms with Gasteiger partial charge in [0.2, 0.25) is 0 Å². The van der Waals surface area contributed by atoms with E-state index in [2.05, 4.69) is 6.92 Å². The molecule has 1 saturated heterocycles. The van der Waals surface area contributed by atoms with Crippen molar-refractivity contribution in [1.29, 1.82) is 0 Å². The molecule has 1 aliphatic heterocycles. The molecule has 0 amide bonds. The molecular weight excluding hydrogens is 244 g/mol. The van der Waals surface area contributed by atoms with Gasteiger partial charge in [0.15, 0.2) is 5.79 Å². The number of hydrogen-bond acceptors (Lipinski definition) is 4. The second kappa shape index (κ2) is 6.08. The zero-order valence-corrected chi connectivity index (χ0v) is 12.2. The number of rotatable bonds is 5. The molecule has 2 N–H and O–H groups in total. The van der Waals surface area contributed by atoms with E-state index in [0.29, 0.717) is 6.42 Å². The van der Waals surface area contributed by atoms with E-state index in [1.807, 2.05) is 6.92 Å². The van der Waals surface area contributed by atoms with Gasteiger partial charge in [0, 0.05) is 12.8 Å². The van der Waals surface area contributed by atoms with Crippen LogP contribution in [-0.4, -0.2) is 40.4 Å². The van der Waals surface area contributed by atoms with Crippen LogP contribution in [0.1, 0.15) is 65.2 Å². The van der Waals surface area contributed by atoms with E-state index in [4.69, 9.17) is 9.47 Å². The van der Waals surface area contributed by atoms with Gasteiger partial charge in [0.1, 0.15) is 11.7 Å². The largest absolute Gasteiger partial charge is 0.394 e. The predicted molar refractivity (Wildman–Crippen MR) is 72.8 cm³/mol. The fourth-order valence-corrected chi connectivity index (χ4v) is 3.36. The van der Waals surface area contributed by atoms with Crippen LogP contribution in [0.5, 0.6) is 0 Å². The lowest BCUT2D eigenvalue weighted by molar-refractivity contribution is -0.218. The summed E-state index contributed by atoms with van der Waals surface area (Å²) < 4.78 is 12.2. The fourth-order valence-electron chi connectivity index (χ4n) is 3.36. The highest BCUT2D eigenvalue weighted by Gasteiger charge is 2.57. The van der Waals surface area contributed by atoms with Crippen molar-refractivity contribution in [2.45, 2.75) is 88.8 Å². The Labute approximate surface area is 116 Å². The molecule has 1 saturated carbocycles. The summed E-state index contributed by atoms with van der Waals surface area (Å²) in [4.78, 5) is 0. The van der Waals surface area contributed by atoms with Crippen LogP contribution in [0.15, 0.2) is 0 Å². The van der Waals surface area contributed by atoms with Gasteiger partial charge in [0.25, 0.3) is 0 Å². The van der Waals surface area contributed by atoms with Gasteiger partial charge in [-0.3, -0.25) is 0 Å². The first-order valence-electron chi connectivity index (χ1n) is 7.73. The third-order valence-corrected chi connectivity index (χ3v) is 4.68. The SMILES string of the molecule is CCCC[C@H](O)[C@@]1(C)OC2(CCCCC2)O[C@H]1CO. The quantitative estimate of drug-likeness (QED) is 0.806. The molecular formula is C15H28O4. The van der Waals surface area contributed by atoms with Crippen molar-refractivity contribution >= 4 is 0 Å². The zero-order valence-electron chi connectivity index (χ0n) is 12.2. The molecule has 112 valence electrons. The van der Waals surface area contributed by atoms with Gasteiger partial charge >= 0.3 is 0 Å². The summed E-state index contributed by atoms with van der Waals surface area (Å²) >= 11 is 0. The minimum Gasteiger partial charge on any atom is -0.394 e. The van der Waals surface area contributed by atoms with Crippen LogP contribution in [0.25, 0.3) is 0 Å². The van der Waals surface area contributed by atoms with Crippen molar-refractivity contribution in [2.24, 2.45) is 0 Å². The van der Waals surface area contributed by atoms with E-state index in [1.54, 1.807) is 0 Å². The van der Waals surface area contributed by atoms with Crippen molar-refractivity contribution in [2.75, 3.05) is 6.61 Å². The third-order valence-electron chi connectivity index (χ3n) is 4.68. The predicted octanol–water partition coefficient (Wildman–Crippen LogP) is 2.36. The van der Waals surface area contributed by atoms with Gasteiger partial charge < -0.3 is 19.7 Å². The first kappa shape index (κ1) is 15.2. The minimum atomic E-state index is -0.777. The molecule has 1 heterocycles. The molecule has 0 aromatic heterocycles. The maximum Gasteiger partial charge on any atom is 0.169 e. The molecule has 0 bridgehead atoms. The van der Waals surface area contributed by atoms with E-state index in [1.165, 1.54) is 6.42 Å². The van der Waals surface area contributed by atoms with Gasteiger partial charge in [-0.25, -0.2) is 0 Å². The highest BCUT2D eigenvalue weighted by Crippen LogP contribution is 2.46. The summed E-state index contributed by atoms with van der Waals surface area (Å²) in [7, 11) is 0. The monoisotopic (exact) mass is 272 g/mol. The summed E-state index contributed by atoms with van der Waals surface area (Å²) in [6.07, 6.45) is 6.87. The first-order chi connectivity index (χ1) is 9.06. The molecule has 4 nitrogen and oxygen atoms in total. The maximum atomic E-state index is 10.4. The van der Waals surface area contributed by atoms with Crippen molar-refractivity contribution in [3.8, 4) is 0 Å². The van der Waals surface area contributed by atoms with Crippen LogP contribution < -0.4 is 0 Å². The summed E-state index contributed by atoms with van der Waals surface area (Å²) in [5, 5.41) is 20.0. The van der Waals surface area contributed by atoms with Gasteiger partial charge in [-0.05, 0) is 26.2 Å². The zero-order chi connectivity index (χ0) is 13.9. The number of aliphatic hydroxyl groups is 2. The molecule has 0 aromatic carbocycles. The van der Waals surface area contributed by atoms with Crippen molar-refractivity contribution in [1.82, 2.24) is 0 Å². The van der Waals surface area contributed by atoms with E-state index >= 15 is 0 Å². The molecule has 1 aliphatic carbocycles.